The summed E-state index contributed by atoms with van der Waals surface area (Å²) in [5, 5.41) is 8.86. The molecule has 0 atom stereocenters. The van der Waals surface area contributed by atoms with E-state index in [0.717, 1.165) is 0 Å². The number of nitrogens with one attached hydrogen (secondary N) is 3. The second-order valence-corrected chi connectivity index (χ2v) is 5.42. The van der Waals surface area contributed by atoms with Gasteiger partial charge in [-0.3, -0.25) is 14.4 Å². The summed E-state index contributed by atoms with van der Waals surface area (Å²) in [5.74, 6) is -0.988. The van der Waals surface area contributed by atoms with Crippen LogP contribution in [-0.2, 0) is 20.9 Å². The first-order chi connectivity index (χ1) is 10.9. The first kappa shape index (κ1) is 18.4. The molecule has 0 saturated heterocycles. The highest BCUT2D eigenvalue weighted by molar-refractivity contribution is 6.35. The van der Waals surface area contributed by atoms with Gasteiger partial charge in [0, 0.05) is 12.3 Å². The van der Waals surface area contributed by atoms with Gasteiger partial charge in [0.1, 0.15) is 5.76 Å². The maximum atomic E-state index is 11.7. The maximum Gasteiger partial charge on any atom is 0.329 e. The van der Waals surface area contributed by atoms with Gasteiger partial charge in [-0.1, -0.05) is 13.8 Å². The minimum Gasteiger partial charge on any atom is -0.467 e. The monoisotopic (exact) mass is 322 g/mol. The van der Waals surface area contributed by atoms with Gasteiger partial charge in [0.15, 0.2) is 0 Å². The molecule has 0 bridgehead atoms. The van der Waals surface area contributed by atoms with E-state index in [-0.39, 0.29) is 24.8 Å². The summed E-state index contributed by atoms with van der Waals surface area (Å²) in [6.45, 7) is 6.11. The molecular formula is C15H22N4O4. The molecule has 1 heterocycles. The average Bonchev–Trinajstić information content (AvgIpc) is 3.01. The molecule has 0 fully saturated rings. The number of hydrazone groups is 1. The van der Waals surface area contributed by atoms with Crippen LogP contribution in [0.25, 0.3) is 0 Å². The Morgan fingerprint density at radius 1 is 1.22 bits per heavy atom. The van der Waals surface area contributed by atoms with E-state index in [0.29, 0.717) is 18.0 Å². The predicted octanol–water partition coefficient (Wildman–Crippen LogP) is 0.550. The van der Waals surface area contributed by atoms with Crippen molar-refractivity contribution in [2.24, 2.45) is 11.0 Å². The Labute approximate surface area is 134 Å². The highest BCUT2D eigenvalue weighted by Crippen LogP contribution is 1.98. The fourth-order valence-electron chi connectivity index (χ4n) is 1.51. The lowest BCUT2D eigenvalue weighted by atomic mass is 10.2. The van der Waals surface area contributed by atoms with Crippen LogP contribution >= 0.6 is 0 Å². The van der Waals surface area contributed by atoms with Crippen LogP contribution in [0.2, 0.25) is 0 Å². The average molecular weight is 322 g/mol. The smallest absolute Gasteiger partial charge is 0.329 e. The summed E-state index contributed by atoms with van der Waals surface area (Å²) in [6.07, 6.45) is 1.53. The van der Waals surface area contributed by atoms with Crippen LogP contribution in [0, 0.1) is 5.92 Å². The molecule has 0 aromatic carbocycles. The molecule has 1 rings (SSSR count). The molecule has 126 valence electrons. The molecule has 1 aromatic rings. The first-order valence-electron chi connectivity index (χ1n) is 7.29. The summed E-state index contributed by atoms with van der Waals surface area (Å²) < 4.78 is 5.09. The number of hydrogen-bond acceptors (Lipinski definition) is 5. The number of rotatable bonds is 7. The predicted molar refractivity (Wildman–Crippen MR) is 84.3 cm³/mol. The van der Waals surface area contributed by atoms with E-state index >= 15 is 0 Å². The van der Waals surface area contributed by atoms with E-state index in [1.54, 1.807) is 19.1 Å². The zero-order valence-electron chi connectivity index (χ0n) is 13.5. The number of nitrogens with zero attached hydrogens (tertiary/aromatic N) is 1. The number of carbonyl (C=O) groups excluding carboxylic acids is 3. The molecule has 0 aliphatic heterocycles. The Morgan fingerprint density at radius 3 is 2.57 bits per heavy atom. The van der Waals surface area contributed by atoms with Gasteiger partial charge in [-0.2, -0.15) is 5.10 Å². The van der Waals surface area contributed by atoms with Crippen molar-refractivity contribution < 1.29 is 18.8 Å². The summed E-state index contributed by atoms with van der Waals surface area (Å²) >= 11 is 0. The van der Waals surface area contributed by atoms with E-state index in [4.69, 9.17) is 4.42 Å². The Balaban J connectivity index is 2.31. The van der Waals surface area contributed by atoms with E-state index in [1.165, 1.54) is 6.26 Å². The second-order valence-electron chi connectivity index (χ2n) is 5.42. The van der Waals surface area contributed by atoms with Gasteiger partial charge in [0.25, 0.3) is 0 Å². The molecule has 8 heteroatoms. The SMILES string of the molecule is C/C(CC(=O)NCc1ccco1)=N/NC(=O)C(=O)NCC(C)C. The summed E-state index contributed by atoms with van der Waals surface area (Å²) in [4.78, 5) is 34.6. The van der Waals surface area contributed by atoms with Crippen LogP contribution in [0.5, 0.6) is 0 Å². The molecule has 3 N–H and O–H groups in total. The minimum atomic E-state index is -0.860. The normalized spacial score (nSPS) is 11.2. The molecule has 0 radical (unpaired) electrons. The van der Waals surface area contributed by atoms with Crippen LogP contribution in [0.1, 0.15) is 33.0 Å². The van der Waals surface area contributed by atoms with E-state index in [9.17, 15) is 14.4 Å². The molecule has 23 heavy (non-hydrogen) atoms. The Bertz CT molecular complexity index is 564. The molecular weight excluding hydrogens is 300 g/mol. The number of furan rings is 1. The quantitative estimate of drug-likeness (QED) is 0.386. The standard InChI is InChI=1S/C15H22N4O4/c1-10(2)8-17-14(21)15(22)19-18-11(3)7-13(20)16-9-12-5-4-6-23-12/h4-6,10H,7-9H2,1-3H3,(H,16,20)(H,17,21)(H,19,22)/b18-11-. The molecule has 0 spiro atoms. The van der Waals surface area contributed by atoms with Crippen molar-refractivity contribution >= 4 is 23.4 Å². The summed E-state index contributed by atoms with van der Waals surface area (Å²) in [6, 6.07) is 3.48. The van der Waals surface area contributed by atoms with Crippen molar-refractivity contribution in [1.82, 2.24) is 16.1 Å². The third-order valence-corrected chi connectivity index (χ3v) is 2.68. The van der Waals surface area contributed by atoms with Gasteiger partial charge in [0.2, 0.25) is 5.91 Å². The first-order valence-corrected chi connectivity index (χ1v) is 7.29. The van der Waals surface area contributed by atoms with Crippen molar-refractivity contribution in [2.45, 2.75) is 33.7 Å². The fraction of sp³-hybridized carbons (Fsp3) is 0.467. The van der Waals surface area contributed by atoms with Gasteiger partial charge < -0.3 is 15.1 Å². The van der Waals surface area contributed by atoms with E-state index in [2.05, 4.69) is 21.2 Å². The molecule has 0 aliphatic rings. The lowest BCUT2D eigenvalue weighted by Gasteiger charge is -2.06. The van der Waals surface area contributed by atoms with Gasteiger partial charge in [0.05, 0.1) is 19.2 Å². The maximum absolute atomic E-state index is 11.7. The Hall–Kier alpha value is -2.64. The number of amides is 3. The third-order valence-electron chi connectivity index (χ3n) is 2.68. The summed E-state index contributed by atoms with van der Waals surface area (Å²) in [7, 11) is 0. The van der Waals surface area contributed by atoms with Gasteiger partial charge in [-0.05, 0) is 25.0 Å². The van der Waals surface area contributed by atoms with Crippen molar-refractivity contribution in [3.05, 3.63) is 24.2 Å². The molecule has 8 nitrogen and oxygen atoms in total. The number of carbonyl (C=O) groups is 3. The van der Waals surface area contributed by atoms with Crippen LogP contribution < -0.4 is 16.1 Å². The van der Waals surface area contributed by atoms with Crippen LogP contribution in [0.4, 0.5) is 0 Å². The Morgan fingerprint density at radius 2 is 1.96 bits per heavy atom. The highest BCUT2D eigenvalue weighted by atomic mass is 16.3. The van der Waals surface area contributed by atoms with E-state index in [1.807, 2.05) is 13.8 Å². The van der Waals surface area contributed by atoms with Crippen molar-refractivity contribution in [3.8, 4) is 0 Å². The number of hydrogen-bond donors (Lipinski definition) is 3. The molecule has 1 aromatic heterocycles. The Kier molecular flexibility index (Phi) is 7.52. The molecule has 0 aliphatic carbocycles. The zero-order chi connectivity index (χ0) is 17.2. The lowest BCUT2D eigenvalue weighted by Crippen LogP contribution is -2.39. The minimum absolute atomic E-state index is 0.00853. The zero-order valence-corrected chi connectivity index (χ0v) is 13.5. The summed E-state index contributed by atoms with van der Waals surface area (Å²) in [5.41, 5.74) is 2.50. The topological polar surface area (TPSA) is 113 Å². The molecule has 3 amide bonds. The highest BCUT2D eigenvalue weighted by Gasteiger charge is 2.13. The van der Waals surface area contributed by atoms with Gasteiger partial charge in [-0.15, -0.1) is 0 Å². The largest absolute Gasteiger partial charge is 0.467 e. The van der Waals surface area contributed by atoms with Crippen molar-refractivity contribution in [3.63, 3.8) is 0 Å². The third kappa shape index (κ3) is 7.79. The fourth-order valence-corrected chi connectivity index (χ4v) is 1.51. The molecule has 0 saturated carbocycles. The van der Waals surface area contributed by atoms with Crippen LogP contribution in [0.15, 0.2) is 27.9 Å². The van der Waals surface area contributed by atoms with Crippen LogP contribution in [-0.4, -0.2) is 30.0 Å². The van der Waals surface area contributed by atoms with E-state index < -0.39 is 11.8 Å². The van der Waals surface area contributed by atoms with Crippen LogP contribution in [0.3, 0.4) is 0 Å². The lowest BCUT2D eigenvalue weighted by molar-refractivity contribution is -0.139. The second kappa shape index (κ2) is 9.39. The van der Waals surface area contributed by atoms with Gasteiger partial charge >= 0.3 is 11.8 Å². The molecule has 0 unspecified atom stereocenters. The van der Waals surface area contributed by atoms with Crippen molar-refractivity contribution in [1.29, 1.82) is 0 Å². The van der Waals surface area contributed by atoms with Gasteiger partial charge in [-0.25, -0.2) is 5.43 Å². The van der Waals surface area contributed by atoms with Crippen molar-refractivity contribution in [2.75, 3.05) is 6.54 Å².